The van der Waals surface area contributed by atoms with Crippen LogP contribution in [-0.2, 0) is 6.54 Å². The van der Waals surface area contributed by atoms with Crippen LogP contribution in [0.2, 0.25) is 0 Å². The third kappa shape index (κ3) is 3.45. The third-order valence-electron chi connectivity index (χ3n) is 4.85. The van der Waals surface area contributed by atoms with Gasteiger partial charge in [-0.15, -0.1) is 10.2 Å². The Kier molecular flexibility index (Phi) is 5.09. The molecule has 154 valence electrons. The van der Waals surface area contributed by atoms with Crippen molar-refractivity contribution < 1.29 is 29.3 Å². The van der Waals surface area contributed by atoms with Gasteiger partial charge in [0, 0.05) is 28.4 Å². The minimum atomic E-state index is -0.744. The number of carbonyl (C=O) groups is 2. The average molecular weight is 409 g/mol. The van der Waals surface area contributed by atoms with E-state index in [1.807, 2.05) is 6.92 Å². The maximum absolute atomic E-state index is 12.4. The zero-order valence-electron chi connectivity index (χ0n) is 16.2. The van der Waals surface area contributed by atoms with Crippen LogP contribution in [0.5, 0.6) is 23.3 Å². The molecule has 4 rings (SSSR count). The fourth-order valence-corrected chi connectivity index (χ4v) is 3.21. The number of hydrogen-bond acceptors (Lipinski definition) is 6. The number of azo groups is 1. The molecule has 0 radical (unpaired) electrons. The van der Waals surface area contributed by atoms with Crippen LogP contribution < -0.4 is 9.47 Å². The molecule has 2 amide bonds. The molecule has 0 atom stereocenters. The number of rotatable bonds is 5. The number of aromatic nitrogens is 1. The molecule has 2 N–H and O–H groups in total. The number of aromatic hydroxyl groups is 2. The van der Waals surface area contributed by atoms with E-state index in [1.54, 1.807) is 6.07 Å². The molecule has 2 heterocycles. The van der Waals surface area contributed by atoms with Gasteiger partial charge in [0.25, 0.3) is 11.8 Å². The summed E-state index contributed by atoms with van der Waals surface area (Å²) in [6.07, 6.45) is 1.68. The summed E-state index contributed by atoms with van der Waals surface area (Å²) in [5.41, 5.74) is 0.342. The topological polar surface area (TPSA) is 123 Å². The van der Waals surface area contributed by atoms with Crippen molar-refractivity contribution in [2.24, 2.45) is 10.2 Å². The second-order valence-electron chi connectivity index (χ2n) is 6.79. The van der Waals surface area contributed by atoms with Crippen LogP contribution >= 0.6 is 0 Å². The number of ether oxygens (including phenoxy) is 2. The Morgan fingerprint density at radius 1 is 0.933 bits per heavy atom. The van der Waals surface area contributed by atoms with Crippen molar-refractivity contribution in [1.29, 1.82) is 0 Å². The van der Waals surface area contributed by atoms with Gasteiger partial charge in [0.05, 0.1) is 0 Å². The van der Waals surface area contributed by atoms with Gasteiger partial charge in [-0.25, -0.2) is 0 Å². The molecule has 1 aromatic heterocycles. The molecular weight excluding hydrogens is 390 g/mol. The maximum atomic E-state index is 12.4. The Morgan fingerprint density at radius 3 is 2.30 bits per heavy atom. The Balaban J connectivity index is 1.55. The molecular formula is C21H19N3O6. The highest BCUT2D eigenvalue weighted by Gasteiger charge is 2.19. The van der Waals surface area contributed by atoms with Crippen molar-refractivity contribution in [3.8, 4) is 23.3 Å². The molecule has 0 unspecified atom stereocenters. The number of hydrogen-bond donors (Lipinski definition) is 2. The zero-order valence-corrected chi connectivity index (χ0v) is 16.2. The Labute approximate surface area is 171 Å². The van der Waals surface area contributed by atoms with Crippen molar-refractivity contribution in [1.82, 2.24) is 4.57 Å². The van der Waals surface area contributed by atoms with Crippen molar-refractivity contribution >= 4 is 22.6 Å². The maximum Gasteiger partial charge on any atom is 0.295 e. The normalized spacial score (nSPS) is 12.7. The van der Waals surface area contributed by atoms with Gasteiger partial charge in [-0.05, 0) is 42.8 Å². The number of benzene rings is 2. The smallest absolute Gasteiger partial charge is 0.295 e. The van der Waals surface area contributed by atoms with Crippen molar-refractivity contribution in [2.75, 3.05) is 6.79 Å². The minimum absolute atomic E-state index is 0.0606. The molecule has 0 saturated heterocycles. The molecule has 1 aliphatic heterocycles. The highest BCUT2D eigenvalue weighted by molar-refractivity contribution is 6.03. The zero-order chi connectivity index (χ0) is 21.3. The summed E-state index contributed by atoms with van der Waals surface area (Å²) < 4.78 is 11.8. The third-order valence-corrected chi connectivity index (χ3v) is 4.85. The van der Waals surface area contributed by atoms with Crippen LogP contribution in [0.3, 0.4) is 0 Å². The first-order chi connectivity index (χ1) is 14.5. The number of fused-ring (bicyclic) bond motifs is 2. The summed E-state index contributed by atoms with van der Waals surface area (Å²) in [5, 5.41) is 28.4. The predicted molar refractivity (Wildman–Crippen MR) is 106 cm³/mol. The van der Waals surface area contributed by atoms with Crippen LogP contribution in [0.15, 0.2) is 46.6 Å². The lowest BCUT2D eigenvalue weighted by atomic mass is 10.1. The van der Waals surface area contributed by atoms with E-state index < -0.39 is 11.8 Å². The number of nitrogens with zero attached hydrogens (tertiary/aromatic N) is 3. The summed E-state index contributed by atoms with van der Waals surface area (Å²) in [5.74, 6) is -0.675. The number of unbranched alkanes of at least 4 members (excludes halogenated alkanes) is 1. The lowest BCUT2D eigenvalue weighted by Gasteiger charge is -2.04. The first-order valence-corrected chi connectivity index (χ1v) is 9.43. The second kappa shape index (κ2) is 7.86. The lowest BCUT2D eigenvalue weighted by Crippen LogP contribution is -1.98. The van der Waals surface area contributed by atoms with E-state index in [2.05, 4.69) is 10.2 Å². The first kappa shape index (κ1) is 19.4. The summed E-state index contributed by atoms with van der Waals surface area (Å²) in [6.45, 7) is 2.54. The molecule has 2 aromatic carbocycles. The van der Waals surface area contributed by atoms with E-state index in [9.17, 15) is 19.8 Å². The predicted octanol–water partition coefficient (Wildman–Crippen LogP) is 4.01. The quantitative estimate of drug-likeness (QED) is 0.614. The molecule has 0 spiro atoms. The SMILES string of the molecule is CCCCn1c(O)c2ccc(C(=O)N=NC(=O)c3ccc4c(c3)OCO4)cc2c1O. The molecule has 3 aromatic rings. The average Bonchev–Trinajstić information content (AvgIpc) is 3.32. The summed E-state index contributed by atoms with van der Waals surface area (Å²) in [4.78, 5) is 24.6. The fourth-order valence-electron chi connectivity index (χ4n) is 3.21. The second-order valence-corrected chi connectivity index (χ2v) is 6.79. The van der Waals surface area contributed by atoms with Gasteiger partial charge in [-0.1, -0.05) is 13.3 Å². The van der Waals surface area contributed by atoms with E-state index in [0.717, 1.165) is 12.8 Å². The van der Waals surface area contributed by atoms with E-state index in [1.165, 1.54) is 34.9 Å². The standard InChI is InChI=1S/C21H19N3O6/c1-2-3-8-24-20(27)14-6-4-12(9-15(14)21(24)28)18(25)22-23-19(26)13-5-7-16-17(10-13)30-11-29-16/h4-7,9-10,27-28H,2-3,8,11H2,1H3. The van der Waals surface area contributed by atoms with Gasteiger partial charge < -0.3 is 19.7 Å². The van der Waals surface area contributed by atoms with E-state index >= 15 is 0 Å². The van der Waals surface area contributed by atoms with Crippen LogP contribution in [0.4, 0.5) is 0 Å². The van der Waals surface area contributed by atoms with Crippen LogP contribution in [0.25, 0.3) is 10.8 Å². The molecule has 1 aliphatic rings. The van der Waals surface area contributed by atoms with Crippen molar-refractivity contribution in [3.05, 3.63) is 47.5 Å². The molecule has 9 heteroatoms. The van der Waals surface area contributed by atoms with Crippen LogP contribution in [-0.4, -0.2) is 33.4 Å². The Hall–Kier alpha value is -3.88. The van der Waals surface area contributed by atoms with Gasteiger partial charge in [0.15, 0.2) is 11.5 Å². The lowest BCUT2D eigenvalue weighted by molar-refractivity contribution is 0.0946. The monoisotopic (exact) mass is 409 g/mol. The van der Waals surface area contributed by atoms with E-state index in [0.29, 0.717) is 28.8 Å². The van der Waals surface area contributed by atoms with E-state index in [4.69, 9.17) is 9.47 Å². The summed E-state index contributed by atoms with van der Waals surface area (Å²) >= 11 is 0. The van der Waals surface area contributed by atoms with Gasteiger partial charge in [-0.3, -0.25) is 14.2 Å². The fraction of sp³-hybridized carbons (Fsp3) is 0.238. The molecule has 30 heavy (non-hydrogen) atoms. The molecule has 0 bridgehead atoms. The Morgan fingerprint density at radius 2 is 1.57 bits per heavy atom. The molecule has 0 fully saturated rings. The number of carbonyl (C=O) groups excluding carboxylic acids is 2. The summed E-state index contributed by atoms with van der Waals surface area (Å²) in [7, 11) is 0. The molecule has 0 aliphatic carbocycles. The Bertz CT molecular complexity index is 1180. The highest BCUT2D eigenvalue weighted by atomic mass is 16.7. The first-order valence-electron chi connectivity index (χ1n) is 9.43. The highest BCUT2D eigenvalue weighted by Crippen LogP contribution is 2.37. The van der Waals surface area contributed by atoms with Gasteiger partial charge in [0.1, 0.15) is 0 Å². The van der Waals surface area contributed by atoms with Gasteiger partial charge >= 0.3 is 0 Å². The van der Waals surface area contributed by atoms with Gasteiger partial charge in [0.2, 0.25) is 18.6 Å². The molecule has 9 nitrogen and oxygen atoms in total. The van der Waals surface area contributed by atoms with Crippen LogP contribution in [0.1, 0.15) is 40.5 Å². The molecule has 0 saturated carbocycles. The van der Waals surface area contributed by atoms with E-state index in [-0.39, 0.29) is 29.7 Å². The minimum Gasteiger partial charge on any atom is -0.494 e. The van der Waals surface area contributed by atoms with Crippen molar-refractivity contribution in [2.45, 2.75) is 26.3 Å². The van der Waals surface area contributed by atoms with Crippen molar-refractivity contribution in [3.63, 3.8) is 0 Å². The van der Waals surface area contributed by atoms with Crippen LogP contribution in [0, 0.1) is 0 Å². The number of amides is 2. The summed E-state index contributed by atoms with van der Waals surface area (Å²) in [6, 6.07) is 8.96. The van der Waals surface area contributed by atoms with Gasteiger partial charge in [-0.2, -0.15) is 0 Å². The largest absolute Gasteiger partial charge is 0.494 e.